The second-order valence-corrected chi connectivity index (χ2v) is 8.77. The molecule has 0 aliphatic rings. The number of rotatable bonds is 10. The summed E-state index contributed by atoms with van der Waals surface area (Å²) in [6, 6.07) is 7.92. The molecule has 0 aliphatic heterocycles. The standard InChI is InChI=1S/C20H17F4N3O5S/c21-14-6-5-12(18(26)28)16(17(14)22)13(19(29)27-8-7-25)10-33(30,31)9-11-3-1-2-4-15(11)32-20(23)24/h1-6,13,20H,8-10H2,(H2,26,28)(H,27,29)/t13-/m1/s1. The Hall–Kier alpha value is -3.66. The van der Waals surface area contributed by atoms with Crippen molar-refractivity contribution in [3.8, 4) is 11.8 Å². The number of sulfone groups is 1. The Labute approximate surface area is 185 Å². The van der Waals surface area contributed by atoms with E-state index < -0.39 is 80.7 Å². The van der Waals surface area contributed by atoms with E-state index >= 15 is 0 Å². The molecule has 2 rings (SSSR count). The molecule has 33 heavy (non-hydrogen) atoms. The smallest absolute Gasteiger partial charge is 0.387 e. The van der Waals surface area contributed by atoms with Crippen LogP contribution in [0.5, 0.6) is 5.75 Å². The average Bonchev–Trinajstić information content (AvgIpc) is 2.73. The average molecular weight is 487 g/mol. The van der Waals surface area contributed by atoms with Gasteiger partial charge in [0, 0.05) is 16.7 Å². The molecule has 13 heteroatoms. The van der Waals surface area contributed by atoms with Gasteiger partial charge < -0.3 is 15.8 Å². The SMILES string of the molecule is N#CCNC(=O)[C@H](CS(=O)(=O)Cc1ccccc1OC(F)F)c1c(C(N)=O)ccc(F)c1F. The highest BCUT2D eigenvalue weighted by Crippen LogP contribution is 2.29. The van der Waals surface area contributed by atoms with Gasteiger partial charge in [-0.2, -0.15) is 14.0 Å². The van der Waals surface area contributed by atoms with Crippen molar-refractivity contribution in [2.24, 2.45) is 5.73 Å². The molecular formula is C20H17F4N3O5S. The van der Waals surface area contributed by atoms with Crippen LogP contribution in [0.3, 0.4) is 0 Å². The molecule has 0 saturated carbocycles. The second kappa shape index (κ2) is 10.8. The molecule has 8 nitrogen and oxygen atoms in total. The summed E-state index contributed by atoms with van der Waals surface area (Å²) in [5.74, 6) is -10.1. The Morgan fingerprint density at radius 2 is 1.82 bits per heavy atom. The zero-order valence-electron chi connectivity index (χ0n) is 16.7. The molecule has 0 aromatic heterocycles. The van der Waals surface area contributed by atoms with Crippen LogP contribution in [0.2, 0.25) is 0 Å². The number of carbonyl (C=O) groups excluding carboxylic acids is 2. The van der Waals surface area contributed by atoms with Crippen LogP contribution in [0.25, 0.3) is 0 Å². The van der Waals surface area contributed by atoms with Gasteiger partial charge in [-0.05, 0) is 18.2 Å². The van der Waals surface area contributed by atoms with Crippen molar-refractivity contribution in [3.05, 3.63) is 64.7 Å². The lowest BCUT2D eigenvalue weighted by Crippen LogP contribution is -2.36. The summed E-state index contributed by atoms with van der Waals surface area (Å²) in [5.41, 5.74) is 3.46. The summed E-state index contributed by atoms with van der Waals surface area (Å²) < 4.78 is 83.8. The Balaban J connectivity index is 2.52. The number of para-hydroxylation sites is 1. The molecule has 0 aliphatic carbocycles. The van der Waals surface area contributed by atoms with Crippen LogP contribution < -0.4 is 15.8 Å². The van der Waals surface area contributed by atoms with Crippen LogP contribution >= 0.6 is 0 Å². The minimum absolute atomic E-state index is 0.177. The number of nitrogens with two attached hydrogens (primary N) is 1. The van der Waals surface area contributed by atoms with Crippen molar-refractivity contribution in [2.45, 2.75) is 18.3 Å². The lowest BCUT2D eigenvalue weighted by atomic mass is 9.93. The summed E-state index contributed by atoms with van der Waals surface area (Å²) in [5, 5.41) is 10.7. The van der Waals surface area contributed by atoms with Crippen LogP contribution in [0, 0.1) is 23.0 Å². The van der Waals surface area contributed by atoms with E-state index in [-0.39, 0.29) is 5.56 Å². The predicted molar refractivity (Wildman–Crippen MR) is 107 cm³/mol. The second-order valence-electron chi connectivity index (χ2n) is 6.66. The number of benzene rings is 2. The number of alkyl halides is 2. The van der Waals surface area contributed by atoms with Crippen molar-refractivity contribution < 1.29 is 40.3 Å². The summed E-state index contributed by atoms with van der Waals surface area (Å²) in [6.07, 6.45) is 0. The van der Waals surface area contributed by atoms with Crippen molar-refractivity contribution in [2.75, 3.05) is 12.3 Å². The Morgan fingerprint density at radius 1 is 1.15 bits per heavy atom. The van der Waals surface area contributed by atoms with Crippen molar-refractivity contribution >= 4 is 21.7 Å². The van der Waals surface area contributed by atoms with E-state index in [1.165, 1.54) is 18.2 Å². The van der Waals surface area contributed by atoms with Crippen LogP contribution in [0.15, 0.2) is 36.4 Å². The molecule has 3 N–H and O–H groups in total. The minimum Gasteiger partial charge on any atom is -0.435 e. The topological polar surface area (TPSA) is 139 Å². The van der Waals surface area contributed by atoms with Gasteiger partial charge in [-0.3, -0.25) is 9.59 Å². The Bertz CT molecular complexity index is 1200. The van der Waals surface area contributed by atoms with Gasteiger partial charge in [-0.15, -0.1) is 0 Å². The minimum atomic E-state index is -4.39. The largest absolute Gasteiger partial charge is 0.435 e. The lowest BCUT2D eigenvalue weighted by molar-refractivity contribution is -0.121. The highest BCUT2D eigenvalue weighted by molar-refractivity contribution is 7.90. The first-order chi connectivity index (χ1) is 15.5. The van der Waals surface area contributed by atoms with Crippen LogP contribution in [-0.2, 0) is 20.4 Å². The van der Waals surface area contributed by atoms with Gasteiger partial charge >= 0.3 is 6.61 Å². The molecule has 0 spiro atoms. The molecule has 2 amide bonds. The summed E-state index contributed by atoms with van der Waals surface area (Å²) in [6.45, 7) is -3.83. The summed E-state index contributed by atoms with van der Waals surface area (Å²) in [7, 11) is -4.39. The fourth-order valence-corrected chi connectivity index (χ4v) is 4.70. The summed E-state index contributed by atoms with van der Waals surface area (Å²) >= 11 is 0. The molecule has 0 radical (unpaired) electrons. The van der Waals surface area contributed by atoms with Crippen molar-refractivity contribution in [1.82, 2.24) is 5.32 Å². The number of nitriles is 1. The van der Waals surface area contributed by atoms with Gasteiger partial charge in [0.15, 0.2) is 21.5 Å². The van der Waals surface area contributed by atoms with Gasteiger partial charge in [-0.25, -0.2) is 17.2 Å². The third-order valence-corrected chi connectivity index (χ3v) is 5.98. The zero-order chi connectivity index (χ0) is 24.8. The molecule has 0 fully saturated rings. The Kier molecular flexibility index (Phi) is 8.36. The molecule has 0 unspecified atom stereocenters. The van der Waals surface area contributed by atoms with Gasteiger partial charge in [0.05, 0.1) is 23.5 Å². The molecule has 0 bridgehead atoms. The molecular weight excluding hydrogens is 470 g/mol. The summed E-state index contributed by atoms with van der Waals surface area (Å²) in [4.78, 5) is 24.3. The first kappa shape index (κ1) is 25.6. The van der Waals surface area contributed by atoms with Crippen LogP contribution in [0.1, 0.15) is 27.4 Å². The molecule has 1 atom stereocenters. The van der Waals surface area contributed by atoms with Gasteiger partial charge in [-0.1, -0.05) is 18.2 Å². The first-order valence-corrected chi connectivity index (χ1v) is 10.9. The first-order valence-electron chi connectivity index (χ1n) is 9.12. The molecule has 2 aromatic carbocycles. The van der Waals surface area contributed by atoms with Crippen LogP contribution in [0.4, 0.5) is 17.6 Å². The normalized spacial score (nSPS) is 12.1. The molecule has 0 heterocycles. The maximum Gasteiger partial charge on any atom is 0.387 e. The maximum atomic E-state index is 14.6. The van der Waals surface area contributed by atoms with E-state index in [2.05, 4.69) is 4.74 Å². The third-order valence-electron chi connectivity index (χ3n) is 4.39. The Morgan fingerprint density at radius 3 is 2.42 bits per heavy atom. The molecule has 2 aromatic rings. The van der Waals surface area contributed by atoms with Gasteiger partial charge in [0.2, 0.25) is 11.8 Å². The van der Waals surface area contributed by atoms with Crippen LogP contribution in [-0.4, -0.2) is 39.1 Å². The highest BCUT2D eigenvalue weighted by atomic mass is 32.2. The van der Waals surface area contributed by atoms with Crippen molar-refractivity contribution in [3.63, 3.8) is 0 Å². The highest BCUT2D eigenvalue weighted by Gasteiger charge is 2.34. The number of halogens is 4. The number of nitrogens with one attached hydrogen (secondary N) is 1. The zero-order valence-corrected chi connectivity index (χ0v) is 17.5. The number of nitrogens with zero attached hydrogens (tertiary/aromatic N) is 1. The number of carbonyl (C=O) groups is 2. The lowest BCUT2D eigenvalue weighted by Gasteiger charge is -2.20. The molecule has 0 saturated heterocycles. The fourth-order valence-electron chi connectivity index (χ4n) is 3.05. The van der Waals surface area contributed by atoms with E-state index in [9.17, 15) is 35.6 Å². The van der Waals surface area contributed by atoms with Gasteiger partial charge in [0.1, 0.15) is 12.3 Å². The van der Waals surface area contributed by atoms with E-state index in [4.69, 9.17) is 11.0 Å². The predicted octanol–water partition coefficient (Wildman–Crippen LogP) is 2.00. The van der Waals surface area contributed by atoms with Gasteiger partial charge in [0.25, 0.3) is 0 Å². The number of hydrogen-bond acceptors (Lipinski definition) is 6. The molecule has 176 valence electrons. The quantitative estimate of drug-likeness (QED) is 0.388. The maximum absolute atomic E-state index is 14.6. The number of hydrogen-bond donors (Lipinski definition) is 2. The number of ether oxygens (including phenoxy) is 1. The van der Waals surface area contributed by atoms with E-state index in [1.807, 2.05) is 5.32 Å². The number of amides is 2. The fraction of sp³-hybridized carbons (Fsp3) is 0.250. The van der Waals surface area contributed by atoms with E-state index in [1.54, 1.807) is 6.07 Å². The monoisotopic (exact) mass is 487 g/mol. The van der Waals surface area contributed by atoms with E-state index in [0.717, 1.165) is 12.1 Å². The third kappa shape index (κ3) is 6.66. The number of primary amides is 1. The van der Waals surface area contributed by atoms with Crippen molar-refractivity contribution in [1.29, 1.82) is 5.26 Å². The van der Waals surface area contributed by atoms with E-state index in [0.29, 0.717) is 6.07 Å².